The van der Waals surface area contributed by atoms with Crippen LogP contribution >= 0.6 is 0 Å². The summed E-state index contributed by atoms with van der Waals surface area (Å²) in [5, 5.41) is 14.0. The minimum absolute atomic E-state index is 0.0726. The summed E-state index contributed by atoms with van der Waals surface area (Å²) in [5.74, 6) is -0.434. The van der Waals surface area contributed by atoms with Crippen LogP contribution < -0.4 is 9.46 Å². The van der Waals surface area contributed by atoms with Crippen molar-refractivity contribution in [1.82, 2.24) is 19.9 Å². The van der Waals surface area contributed by atoms with Gasteiger partial charge < -0.3 is 28.9 Å². The number of carbonyl (C=O) groups excluding carboxylic acids is 2. The first kappa shape index (κ1) is 35.8. The molecule has 47 heavy (non-hydrogen) atoms. The van der Waals surface area contributed by atoms with E-state index in [1.807, 2.05) is 13.8 Å². The van der Waals surface area contributed by atoms with E-state index in [0.29, 0.717) is 24.3 Å². The van der Waals surface area contributed by atoms with Crippen LogP contribution in [-0.4, -0.2) is 96.9 Å². The molecule has 3 aromatic rings. The SMILES string of the molecule is Cc1noc(C)c1S(=O)(=O)Nc1ccc2c(c1)C(=O)N([C@H](C)CO)C[C@H](C)[C@@H](CN(C)C(=O)c1ccncc1)OCCCC[C@@H](C)O2. The molecule has 13 nitrogen and oxygen atoms in total. The number of carbonyl (C=O) groups is 2. The van der Waals surface area contributed by atoms with Crippen LogP contribution in [-0.2, 0) is 14.8 Å². The summed E-state index contributed by atoms with van der Waals surface area (Å²) in [6.45, 7) is 9.25. The fourth-order valence-corrected chi connectivity index (χ4v) is 6.96. The molecule has 0 unspecified atom stereocenters. The molecule has 14 heteroatoms. The maximum Gasteiger partial charge on any atom is 0.267 e. The van der Waals surface area contributed by atoms with Gasteiger partial charge in [0.15, 0.2) is 10.7 Å². The molecule has 2 amide bonds. The first-order chi connectivity index (χ1) is 22.3. The number of aliphatic hydroxyl groups is 1. The van der Waals surface area contributed by atoms with Gasteiger partial charge in [-0.25, -0.2) is 8.42 Å². The Morgan fingerprint density at radius 1 is 1.17 bits per heavy atom. The van der Waals surface area contributed by atoms with E-state index >= 15 is 0 Å². The van der Waals surface area contributed by atoms with E-state index in [2.05, 4.69) is 14.9 Å². The highest BCUT2D eigenvalue weighted by atomic mass is 32.2. The van der Waals surface area contributed by atoms with Gasteiger partial charge in [-0.1, -0.05) is 12.1 Å². The summed E-state index contributed by atoms with van der Waals surface area (Å²) in [6.07, 6.45) is 4.72. The Labute approximate surface area is 276 Å². The quantitative estimate of drug-likeness (QED) is 0.357. The summed E-state index contributed by atoms with van der Waals surface area (Å²) < 4.78 is 46.8. The number of aromatic nitrogens is 2. The summed E-state index contributed by atoms with van der Waals surface area (Å²) in [7, 11) is -2.38. The molecule has 4 atom stereocenters. The van der Waals surface area contributed by atoms with E-state index in [1.54, 1.807) is 55.5 Å². The molecule has 1 aliphatic rings. The molecule has 1 aromatic carbocycles. The number of likely N-dealkylation sites (N-methyl/N-ethyl adjacent to an activating group) is 1. The number of pyridine rings is 1. The average molecular weight is 672 g/mol. The fraction of sp³-hybridized carbons (Fsp3) is 0.515. The average Bonchev–Trinajstić information content (AvgIpc) is 3.40. The number of hydrogen-bond donors (Lipinski definition) is 2. The number of sulfonamides is 1. The Morgan fingerprint density at radius 2 is 1.89 bits per heavy atom. The number of aryl methyl sites for hydroxylation is 2. The van der Waals surface area contributed by atoms with E-state index < -0.39 is 28.1 Å². The first-order valence-electron chi connectivity index (χ1n) is 15.8. The lowest BCUT2D eigenvalue weighted by atomic mass is 10.0. The van der Waals surface area contributed by atoms with Crippen LogP contribution in [0.2, 0.25) is 0 Å². The summed E-state index contributed by atoms with van der Waals surface area (Å²) in [6, 6.07) is 7.29. The van der Waals surface area contributed by atoms with Gasteiger partial charge in [-0.15, -0.1) is 0 Å². The number of hydrogen-bond acceptors (Lipinski definition) is 10. The molecule has 4 rings (SSSR count). The molecule has 0 fully saturated rings. The number of nitrogens with one attached hydrogen (secondary N) is 1. The summed E-state index contributed by atoms with van der Waals surface area (Å²) in [4.78, 5) is 34.6. The van der Waals surface area contributed by atoms with Gasteiger partial charge in [-0.2, -0.15) is 0 Å². The molecule has 2 aromatic heterocycles. The van der Waals surface area contributed by atoms with Crippen molar-refractivity contribution in [3.8, 4) is 5.75 Å². The summed E-state index contributed by atoms with van der Waals surface area (Å²) in [5.41, 5.74) is 1.01. The number of rotatable bonds is 8. The van der Waals surface area contributed by atoms with Crippen molar-refractivity contribution in [1.29, 1.82) is 0 Å². The van der Waals surface area contributed by atoms with Gasteiger partial charge in [0, 0.05) is 56.3 Å². The van der Waals surface area contributed by atoms with E-state index in [1.165, 1.54) is 24.8 Å². The number of nitrogens with zero attached hydrogens (tertiary/aromatic N) is 4. The first-order valence-corrected chi connectivity index (χ1v) is 17.3. The lowest BCUT2D eigenvalue weighted by Gasteiger charge is -2.36. The molecule has 0 aliphatic carbocycles. The third-order valence-electron chi connectivity index (χ3n) is 8.27. The van der Waals surface area contributed by atoms with Gasteiger partial charge in [-0.3, -0.25) is 19.3 Å². The molecule has 0 saturated heterocycles. The molecular formula is C33H45N5O8S. The Balaban J connectivity index is 1.67. The Kier molecular flexibility index (Phi) is 12.0. The third kappa shape index (κ3) is 8.87. The van der Waals surface area contributed by atoms with E-state index in [-0.39, 0.29) is 65.2 Å². The van der Waals surface area contributed by atoms with Crippen molar-refractivity contribution in [3.05, 3.63) is 65.3 Å². The minimum Gasteiger partial charge on any atom is -0.490 e. The lowest BCUT2D eigenvalue weighted by Crippen LogP contribution is -2.48. The zero-order valence-corrected chi connectivity index (χ0v) is 28.6. The van der Waals surface area contributed by atoms with E-state index in [9.17, 15) is 23.1 Å². The van der Waals surface area contributed by atoms with Gasteiger partial charge >= 0.3 is 0 Å². The molecule has 0 radical (unpaired) electrons. The van der Waals surface area contributed by atoms with Gasteiger partial charge in [0.25, 0.3) is 21.8 Å². The third-order valence-corrected chi connectivity index (χ3v) is 9.89. The van der Waals surface area contributed by atoms with E-state index in [0.717, 1.165) is 12.8 Å². The van der Waals surface area contributed by atoms with Crippen LogP contribution in [0.4, 0.5) is 5.69 Å². The van der Waals surface area contributed by atoms with Crippen molar-refractivity contribution in [2.45, 2.75) is 77.0 Å². The Hall–Kier alpha value is -4.01. The predicted octanol–water partition coefficient (Wildman–Crippen LogP) is 4.05. The fourth-order valence-electron chi connectivity index (χ4n) is 5.58. The number of aliphatic hydroxyl groups excluding tert-OH is 1. The van der Waals surface area contributed by atoms with Crippen molar-refractivity contribution >= 4 is 27.5 Å². The molecule has 2 N–H and O–H groups in total. The minimum atomic E-state index is -4.09. The molecule has 3 heterocycles. The van der Waals surface area contributed by atoms with Crippen LogP contribution in [0.5, 0.6) is 5.75 Å². The van der Waals surface area contributed by atoms with Crippen molar-refractivity contribution in [2.75, 3.05) is 38.1 Å². The maximum absolute atomic E-state index is 14.4. The molecular weight excluding hydrogens is 626 g/mol. The van der Waals surface area contributed by atoms with Crippen molar-refractivity contribution < 1.29 is 37.1 Å². The van der Waals surface area contributed by atoms with Gasteiger partial charge in [0.05, 0.1) is 30.4 Å². The largest absolute Gasteiger partial charge is 0.490 e. The highest BCUT2D eigenvalue weighted by Crippen LogP contribution is 2.30. The number of fused-ring (bicyclic) bond motifs is 1. The lowest BCUT2D eigenvalue weighted by molar-refractivity contribution is -0.0149. The van der Waals surface area contributed by atoms with Crippen LogP contribution in [0, 0.1) is 19.8 Å². The number of ether oxygens (including phenoxy) is 2. The monoisotopic (exact) mass is 671 g/mol. The second kappa shape index (κ2) is 15.7. The molecule has 256 valence electrons. The van der Waals surface area contributed by atoms with Crippen molar-refractivity contribution in [2.24, 2.45) is 5.92 Å². The van der Waals surface area contributed by atoms with Gasteiger partial charge in [0.1, 0.15) is 11.4 Å². The van der Waals surface area contributed by atoms with Gasteiger partial charge in [-0.05, 0) is 77.3 Å². The zero-order chi connectivity index (χ0) is 34.3. The van der Waals surface area contributed by atoms with Crippen LogP contribution in [0.25, 0.3) is 0 Å². The molecule has 0 bridgehead atoms. The Bertz CT molecular complexity index is 1610. The standard InChI is InChI=1S/C33H45N5O8S/c1-21-18-38(22(2)20-39)33(41)28-17-27(36-47(42,43)31-24(4)35-46-25(31)5)10-11-29(28)45-23(3)9-7-8-16-44-30(21)19-37(6)32(40)26-12-14-34-15-13-26/h10-15,17,21-23,30,36,39H,7-9,16,18-20H2,1-6H3/t21-,22+,23+,30+/m0/s1. The molecule has 1 aliphatic heterocycles. The maximum atomic E-state index is 14.4. The smallest absolute Gasteiger partial charge is 0.267 e. The van der Waals surface area contributed by atoms with Crippen molar-refractivity contribution in [3.63, 3.8) is 0 Å². The second-order valence-electron chi connectivity index (χ2n) is 12.2. The number of amides is 2. The normalized spacial score (nSPS) is 20.4. The zero-order valence-electron chi connectivity index (χ0n) is 27.8. The predicted molar refractivity (Wildman–Crippen MR) is 175 cm³/mol. The second-order valence-corrected chi connectivity index (χ2v) is 13.8. The highest BCUT2D eigenvalue weighted by molar-refractivity contribution is 7.92. The molecule has 0 saturated carbocycles. The van der Waals surface area contributed by atoms with Crippen LogP contribution in [0.3, 0.4) is 0 Å². The van der Waals surface area contributed by atoms with Crippen LogP contribution in [0.15, 0.2) is 52.1 Å². The summed E-state index contributed by atoms with van der Waals surface area (Å²) >= 11 is 0. The number of benzene rings is 1. The van der Waals surface area contributed by atoms with E-state index in [4.69, 9.17) is 14.0 Å². The topological polar surface area (TPSA) is 164 Å². The van der Waals surface area contributed by atoms with Crippen LogP contribution in [0.1, 0.15) is 72.2 Å². The molecule has 0 spiro atoms. The number of anilines is 1. The highest BCUT2D eigenvalue weighted by Gasteiger charge is 2.32. The Morgan fingerprint density at radius 3 is 2.55 bits per heavy atom. The van der Waals surface area contributed by atoms with Gasteiger partial charge in [0.2, 0.25) is 0 Å².